The predicted octanol–water partition coefficient (Wildman–Crippen LogP) is 1.12. The molecule has 22 heavy (non-hydrogen) atoms. The molecule has 7 nitrogen and oxygen atoms in total. The molecule has 0 aliphatic heterocycles. The fourth-order valence-corrected chi connectivity index (χ4v) is 1.25. The van der Waals surface area contributed by atoms with Crippen LogP contribution in [0.3, 0.4) is 0 Å². The zero-order valence-electron chi connectivity index (χ0n) is 12.7. The maximum Gasteiger partial charge on any atom is 0.408 e. The summed E-state index contributed by atoms with van der Waals surface area (Å²) in [6.07, 6.45) is -7.46. The maximum atomic E-state index is 12.5. The molecule has 1 atom stereocenters. The largest absolute Gasteiger partial charge is 0.468 e. The highest BCUT2D eigenvalue weighted by Crippen LogP contribution is 2.22. The SMILES string of the molecule is COC(=O)CNC(=O)C(CC(F)(F)F)NC(=O)OC(C)(C)C. The molecule has 2 amide bonds. The number of carbonyl (C=O) groups is 3. The minimum atomic E-state index is -4.69. The van der Waals surface area contributed by atoms with Gasteiger partial charge in [0.1, 0.15) is 18.2 Å². The summed E-state index contributed by atoms with van der Waals surface area (Å²) in [6.45, 7) is 3.94. The van der Waals surface area contributed by atoms with E-state index in [1.807, 2.05) is 10.6 Å². The molecule has 0 aromatic heterocycles. The highest BCUT2D eigenvalue weighted by atomic mass is 19.4. The molecule has 0 spiro atoms. The lowest BCUT2D eigenvalue weighted by atomic mass is 10.2. The van der Waals surface area contributed by atoms with Gasteiger partial charge in [0.2, 0.25) is 5.91 Å². The predicted molar refractivity (Wildman–Crippen MR) is 68.9 cm³/mol. The van der Waals surface area contributed by atoms with Crippen molar-refractivity contribution in [3.05, 3.63) is 0 Å². The number of esters is 1. The summed E-state index contributed by atoms with van der Waals surface area (Å²) in [6, 6.07) is -1.92. The van der Waals surface area contributed by atoms with Crippen molar-refractivity contribution < 1.29 is 37.0 Å². The minimum absolute atomic E-state index is 0.611. The molecule has 0 saturated heterocycles. The average molecular weight is 328 g/mol. The van der Waals surface area contributed by atoms with Crippen molar-refractivity contribution in [2.45, 2.75) is 45.0 Å². The van der Waals surface area contributed by atoms with E-state index in [4.69, 9.17) is 4.74 Å². The first kappa shape index (κ1) is 20.0. The number of amides is 2. The number of carbonyl (C=O) groups excluding carboxylic acids is 3. The van der Waals surface area contributed by atoms with E-state index in [2.05, 4.69) is 4.74 Å². The van der Waals surface area contributed by atoms with Crippen LogP contribution in [-0.4, -0.2) is 49.4 Å². The van der Waals surface area contributed by atoms with Crippen LogP contribution in [0.15, 0.2) is 0 Å². The molecule has 0 bridgehead atoms. The summed E-state index contributed by atoms with van der Waals surface area (Å²) in [4.78, 5) is 34.0. The molecule has 0 aliphatic rings. The smallest absolute Gasteiger partial charge is 0.408 e. The first-order valence-electron chi connectivity index (χ1n) is 6.25. The van der Waals surface area contributed by atoms with Crippen molar-refractivity contribution in [3.63, 3.8) is 0 Å². The van der Waals surface area contributed by atoms with E-state index >= 15 is 0 Å². The van der Waals surface area contributed by atoms with E-state index in [-0.39, 0.29) is 0 Å². The summed E-state index contributed by atoms with van der Waals surface area (Å²) >= 11 is 0. The van der Waals surface area contributed by atoms with Gasteiger partial charge in [0.15, 0.2) is 0 Å². The molecular formula is C12H19F3N2O5. The molecule has 0 heterocycles. The van der Waals surface area contributed by atoms with E-state index in [9.17, 15) is 27.6 Å². The van der Waals surface area contributed by atoms with Crippen LogP contribution in [-0.2, 0) is 19.1 Å². The first-order chi connectivity index (χ1) is 9.84. The van der Waals surface area contributed by atoms with Gasteiger partial charge in [0.25, 0.3) is 0 Å². The Bertz CT molecular complexity index is 418. The number of halogens is 3. The number of hydrogen-bond acceptors (Lipinski definition) is 5. The van der Waals surface area contributed by atoms with Gasteiger partial charge in [-0.25, -0.2) is 4.79 Å². The zero-order chi connectivity index (χ0) is 17.6. The molecule has 128 valence electrons. The van der Waals surface area contributed by atoms with E-state index in [1.165, 1.54) is 20.8 Å². The van der Waals surface area contributed by atoms with Crippen LogP contribution in [0.4, 0.5) is 18.0 Å². The number of methoxy groups -OCH3 is 1. The monoisotopic (exact) mass is 328 g/mol. The van der Waals surface area contributed by atoms with E-state index in [0.29, 0.717) is 0 Å². The lowest BCUT2D eigenvalue weighted by molar-refractivity contribution is -0.150. The van der Waals surface area contributed by atoms with Gasteiger partial charge in [-0.05, 0) is 20.8 Å². The van der Waals surface area contributed by atoms with Gasteiger partial charge in [-0.3, -0.25) is 9.59 Å². The molecule has 10 heteroatoms. The molecular weight excluding hydrogens is 309 g/mol. The standard InChI is InChI=1S/C12H19F3N2O5/c1-11(2,3)22-10(20)17-7(5-12(13,14)15)9(19)16-6-8(18)21-4/h7H,5-6H2,1-4H3,(H,16,19)(H,17,20). The lowest BCUT2D eigenvalue weighted by Crippen LogP contribution is -2.50. The summed E-state index contributed by atoms with van der Waals surface area (Å²) < 4.78 is 46.4. The van der Waals surface area contributed by atoms with Gasteiger partial charge in [-0.15, -0.1) is 0 Å². The Morgan fingerprint density at radius 3 is 2.09 bits per heavy atom. The highest BCUT2D eigenvalue weighted by molar-refractivity contribution is 5.88. The van der Waals surface area contributed by atoms with Crippen molar-refractivity contribution in [3.8, 4) is 0 Å². The third kappa shape index (κ3) is 9.83. The third-order valence-electron chi connectivity index (χ3n) is 2.08. The van der Waals surface area contributed by atoms with Gasteiger partial charge in [0.05, 0.1) is 13.5 Å². The normalized spacial score (nSPS) is 13.0. The Hall–Kier alpha value is -2.00. The molecule has 0 saturated carbocycles. The Kier molecular flexibility index (Phi) is 7.14. The Morgan fingerprint density at radius 1 is 1.14 bits per heavy atom. The van der Waals surface area contributed by atoms with Crippen LogP contribution >= 0.6 is 0 Å². The zero-order valence-corrected chi connectivity index (χ0v) is 12.7. The van der Waals surface area contributed by atoms with Crippen LogP contribution in [0.5, 0.6) is 0 Å². The van der Waals surface area contributed by atoms with Gasteiger partial charge < -0.3 is 20.1 Å². The van der Waals surface area contributed by atoms with E-state index < -0.39 is 48.8 Å². The van der Waals surface area contributed by atoms with E-state index in [0.717, 1.165) is 7.11 Å². The van der Waals surface area contributed by atoms with Crippen LogP contribution in [0.25, 0.3) is 0 Å². The Labute approximate surface area is 125 Å². The van der Waals surface area contributed by atoms with Gasteiger partial charge >= 0.3 is 18.2 Å². The number of rotatable bonds is 5. The second kappa shape index (κ2) is 7.85. The number of hydrogen-bond donors (Lipinski definition) is 2. The fraction of sp³-hybridized carbons (Fsp3) is 0.750. The molecule has 2 N–H and O–H groups in total. The van der Waals surface area contributed by atoms with Crippen molar-refractivity contribution in [2.24, 2.45) is 0 Å². The number of alkyl halides is 3. The topological polar surface area (TPSA) is 93.7 Å². The van der Waals surface area contributed by atoms with Crippen LogP contribution in [0.2, 0.25) is 0 Å². The second-order valence-corrected chi connectivity index (χ2v) is 5.31. The number of ether oxygens (including phenoxy) is 2. The molecule has 1 unspecified atom stereocenters. The van der Waals surface area contributed by atoms with Crippen molar-refractivity contribution in [1.29, 1.82) is 0 Å². The first-order valence-corrected chi connectivity index (χ1v) is 6.25. The molecule has 0 rings (SSSR count). The number of nitrogens with one attached hydrogen (secondary N) is 2. The van der Waals surface area contributed by atoms with Gasteiger partial charge in [-0.1, -0.05) is 0 Å². The summed E-state index contributed by atoms with van der Waals surface area (Å²) in [5.74, 6) is -2.01. The Balaban J connectivity index is 4.79. The van der Waals surface area contributed by atoms with Crippen LogP contribution in [0, 0.1) is 0 Å². The highest BCUT2D eigenvalue weighted by Gasteiger charge is 2.37. The molecule has 0 aromatic rings. The average Bonchev–Trinajstić information content (AvgIpc) is 2.30. The van der Waals surface area contributed by atoms with Crippen LogP contribution < -0.4 is 10.6 Å². The quantitative estimate of drug-likeness (QED) is 0.738. The van der Waals surface area contributed by atoms with Crippen molar-refractivity contribution in [1.82, 2.24) is 10.6 Å². The Morgan fingerprint density at radius 2 is 1.68 bits per heavy atom. The molecule has 0 fully saturated rings. The van der Waals surface area contributed by atoms with Crippen molar-refractivity contribution >= 4 is 18.0 Å². The lowest BCUT2D eigenvalue weighted by Gasteiger charge is -2.23. The summed E-state index contributed by atoms with van der Waals surface area (Å²) in [5, 5.41) is 3.77. The van der Waals surface area contributed by atoms with Crippen molar-refractivity contribution in [2.75, 3.05) is 13.7 Å². The minimum Gasteiger partial charge on any atom is -0.468 e. The van der Waals surface area contributed by atoms with Crippen LogP contribution in [0.1, 0.15) is 27.2 Å². The number of alkyl carbamates (subject to hydrolysis) is 1. The molecule has 0 aliphatic carbocycles. The van der Waals surface area contributed by atoms with Gasteiger partial charge in [0, 0.05) is 0 Å². The summed E-state index contributed by atoms with van der Waals surface area (Å²) in [5.41, 5.74) is -0.935. The van der Waals surface area contributed by atoms with E-state index in [1.54, 1.807) is 0 Å². The fourth-order valence-electron chi connectivity index (χ4n) is 1.25. The molecule has 0 aromatic carbocycles. The van der Waals surface area contributed by atoms with Gasteiger partial charge in [-0.2, -0.15) is 13.2 Å². The maximum absolute atomic E-state index is 12.5. The third-order valence-corrected chi connectivity index (χ3v) is 2.08. The second-order valence-electron chi connectivity index (χ2n) is 5.31. The molecule has 0 radical (unpaired) electrons. The summed E-state index contributed by atoms with van der Waals surface area (Å²) in [7, 11) is 1.06.